The molecular weight excluding hydrogens is 204 g/mol. The molecule has 78 valence electrons. The molecule has 1 aromatic rings. The maximum atomic E-state index is 12.8. The Balaban J connectivity index is 2.68. The average Bonchev–Trinajstić information content (AvgIpc) is 2.00. The second-order valence-electron chi connectivity index (χ2n) is 2.52. The lowest BCUT2D eigenvalue weighted by molar-refractivity contribution is -0.153. The molecule has 0 saturated heterocycles. The zero-order valence-corrected chi connectivity index (χ0v) is 6.81. The third kappa shape index (κ3) is 3.12. The van der Waals surface area contributed by atoms with E-state index in [4.69, 9.17) is 5.11 Å². The van der Waals surface area contributed by atoms with Crippen molar-refractivity contribution in [1.29, 1.82) is 0 Å². The van der Waals surface area contributed by atoms with E-state index in [0.29, 0.717) is 6.07 Å². The van der Waals surface area contributed by atoms with Crippen LogP contribution < -0.4 is 4.74 Å². The van der Waals surface area contributed by atoms with Crippen molar-refractivity contribution < 1.29 is 27.4 Å². The smallest absolute Gasteiger partial charge is 0.422 e. The number of phenolic OH excluding ortho intramolecular Hbond substituents is 1. The summed E-state index contributed by atoms with van der Waals surface area (Å²) in [4.78, 5) is 0. The molecule has 1 N–H and O–H groups in total. The van der Waals surface area contributed by atoms with Crippen molar-refractivity contribution in [3.05, 3.63) is 24.0 Å². The van der Waals surface area contributed by atoms with Gasteiger partial charge in [-0.3, -0.25) is 0 Å². The maximum Gasteiger partial charge on any atom is 0.422 e. The Morgan fingerprint density at radius 1 is 1.29 bits per heavy atom. The van der Waals surface area contributed by atoms with Gasteiger partial charge in [-0.25, -0.2) is 4.39 Å². The third-order valence-electron chi connectivity index (χ3n) is 1.31. The number of benzene rings is 1. The molecule has 0 heterocycles. The van der Waals surface area contributed by atoms with Crippen molar-refractivity contribution in [2.75, 3.05) is 6.61 Å². The maximum absolute atomic E-state index is 12.8. The molecular formula is C8H6F4O2. The molecule has 2 nitrogen and oxygen atoms in total. The van der Waals surface area contributed by atoms with Crippen LogP contribution in [0.5, 0.6) is 11.5 Å². The Morgan fingerprint density at radius 2 is 1.93 bits per heavy atom. The molecule has 1 rings (SSSR count). The van der Waals surface area contributed by atoms with Gasteiger partial charge in [0.15, 0.2) is 18.2 Å². The van der Waals surface area contributed by atoms with Crippen molar-refractivity contribution in [2.45, 2.75) is 6.18 Å². The van der Waals surface area contributed by atoms with Crippen LogP contribution in [0.25, 0.3) is 0 Å². The zero-order valence-electron chi connectivity index (χ0n) is 6.81. The summed E-state index contributed by atoms with van der Waals surface area (Å²) in [6.07, 6.45) is -4.51. The fraction of sp³-hybridized carbons (Fsp3) is 0.250. The van der Waals surface area contributed by atoms with Gasteiger partial charge in [0.1, 0.15) is 5.75 Å². The average molecular weight is 210 g/mol. The van der Waals surface area contributed by atoms with Gasteiger partial charge in [-0.15, -0.1) is 0 Å². The SMILES string of the molecule is Oc1ccc(OCC(F)(F)F)c(F)c1. The molecule has 1 aromatic carbocycles. The van der Waals surface area contributed by atoms with Crippen LogP contribution >= 0.6 is 0 Å². The third-order valence-corrected chi connectivity index (χ3v) is 1.31. The first-order valence-electron chi connectivity index (χ1n) is 3.56. The van der Waals surface area contributed by atoms with E-state index in [-0.39, 0.29) is 5.75 Å². The zero-order chi connectivity index (χ0) is 10.8. The fourth-order valence-electron chi connectivity index (χ4n) is 0.766. The van der Waals surface area contributed by atoms with Gasteiger partial charge in [-0.2, -0.15) is 13.2 Å². The lowest BCUT2D eigenvalue weighted by atomic mass is 10.3. The lowest BCUT2D eigenvalue weighted by Gasteiger charge is -2.09. The van der Waals surface area contributed by atoms with E-state index in [0.717, 1.165) is 12.1 Å². The summed E-state index contributed by atoms with van der Waals surface area (Å²) in [5.74, 6) is -1.95. The monoisotopic (exact) mass is 210 g/mol. The Bertz CT molecular complexity index is 322. The molecule has 0 unspecified atom stereocenters. The molecule has 0 aliphatic rings. The number of alkyl halides is 3. The van der Waals surface area contributed by atoms with E-state index in [2.05, 4.69) is 4.74 Å². The quantitative estimate of drug-likeness (QED) is 0.760. The predicted molar refractivity (Wildman–Crippen MR) is 39.6 cm³/mol. The van der Waals surface area contributed by atoms with Crippen molar-refractivity contribution in [3.8, 4) is 11.5 Å². The van der Waals surface area contributed by atoms with Gasteiger partial charge in [0.25, 0.3) is 0 Å². The van der Waals surface area contributed by atoms with Crippen molar-refractivity contribution >= 4 is 0 Å². The van der Waals surface area contributed by atoms with Crippen molar-refractivity contribution in [3.63, 3.8) is 0 Å². The number of phenols is 1. The fourth-order valence-corrected chi connectivity index (χ4v) is 0.766. The predicted octanol–water partition coefficient (Wildman–Crippen LogP) is 2.47. The highest BCUT2D eigenvalue weighted by Gasteiger charge is 2.28. The molecule has 0 aliphatic heterocycles. The number of hydrogen-bond donors (Lipinski definition) is 1. The summed E-state index contributed by atoms with van der Waals surface area (Å²) >= 11 is 0. The molecule has 0 fully saturated rings. The van der Waals surface area contributed by atoms with E-state index < -0.39 is 24.3 Å². The van der Waals surface area contributed by atoms with Crippen LogP contribution in [0.2, 0.25) is 0 Å². The Morgan fingerprint density at radius 3 is 2.43 bits per heavy atom. The van der Waals surface area contributed by atoms with Gasteiger partial charge in [0, 0.05) is 6.07 Å². The number of halogens is 4. The van der Waals surface area contributed by atoms with Crippen LogP contribution in [0.3, 0.4) is 0 Å². The number of aromatic hydroxyl groups is 1. The van der Waals surface area contributed by atoms with Gasteiger partial charge in [0.2, 0.25) is 0 Å². The minimum atomic E-state index is -4.51. The molecule has 0 saturated carbocycles. The van der Waals surface area contributed by atoms with E-state index in [1.54, 1.807) is 0 Å². The van der Waals surface area contributed by atoms with Gasteiger partial charge >= 0.3 is 6.18 Å². The summed E-state index contributed by atoms with van der Waals surface area (Å²) in [7, 11) is 0. The number of rotatable bonds is 2. The highest BCUT2D eigenvalue weighted by atomic mass is 19.4. The normalized spacial score (nSPS) is 11.4. The minimum absolute atomic E-state index is 0.373. The van der Waals surface area contributed by atoms with Crippen LogP contribution in [0.4, 0.5) is 17.6 Å². The molecule has 0 aromatic heterocycles. The Labute approximate surface area is 76.7 Å². The van der Waals surface area contributed by atoms with Crippen molar-refractivity contribution in [2.24, 2.45) is 0 Å². The molecule has 0 radical (unpaired) electrons. The Hall–Kier alpha value is -1.46. The van der Waals surface area contributed by atoms with Gasteiger partial charge < -0.3 is 9.84 Å². The van der Waals surface area contributed by atoms with Gasteiger partial charge in [-0.1, -0.05) is 0 Å². The van der Waals surface area contributed by atoms with E-state index in [9.17, 15) is 17.6 Å². The van der Waals surface area contributed by atoms with Crippen LogP contribution in [0.15, 0.2) is 18.2 Å². The second-order valence-corrected chi connectivity index (χ2v) is 2.52. The van der Waals surface area contributed by atoms with Gasteiger partial charge in [0.05, 0.1) is 0 Å². The second kappa shape index (κ2) is 3.73. The lowest BCUT2D eigenvalue weighted by Crippen LogP contribution is -2.19. The van der Waals surface area contributed by atoms with Crippen LogP contribution in [-0.4, -0.2) is 17.9 Å². The number of hydrogen-bond acceptors (Lipinski definition) is 2. The number of ether oxygens (including phenoxy) is 1. The van der Waals surface area contributed by atoms with Gasteiger partial charge in [-0.05, 0) is 12.1 Å². The van der Waals surface area contributed by atoms with E-state index in [1.807, 2.05) is 0 Å². The molecule has 6 heteroatoms. The molecule has 0 bridgehead atoms. The first-order valence-corrected chi connectivity index (χ1v) is 3.56. The van der Waals surface area contributed by atoms with Crippen LogP contribution in [-0.2, 0) is 0 Å². The minimum Gasteiger partial charge on any atom is -0.508 e. The van der Waals surface area contributed by atoms with E-state index in [1.165, 1.54) is 0 Å². The summed E-state index contributed by atoms with van der Waals surface area (Å²) in [5.41, 5.74) is 0. The standard InChI is InChI=1S/C8H6F4O2/c9-6-3-5(13)1-2-7(6)14-4-8(10,11)12/h1-3,13H,4H2. The summed E-state index contributed by atoms with van der Waals surface area (Å²) in [5, 5.41) is 8.75. The molecule has 0 amide bonds. The largest absolute Gasteiger partial charge is 0.508 e. The van der Waals surface area contributed by atoms with Crippen LogP contribution in [0, 0.1) is 5.82 Å². The van der Waals surface area contributed by atoms with Crippen molar-refractivity contribution in [1.82, 2.24) is 0 Å². The highest BCUT2D eigenvalue weighted by Crippen LogP contribution is 2.24. The van der Waals surface area contributed by atoms with Crippen LogP contribution in [0.1, 0.15) is 0 Å². The Kier molecular flexibility index (Phi) is 2.83. The summed E-state index contributed by atoms with van der Waals surface area (Å²) in [6, 6.07) is 2.64. The summed E-state index contributed by atoms with van der Waals surface area (Å²) < 4.78 is 51.9. The first-order chi connectivity index (χ1) is 6.38. The molecule has 0 atom stereocenters. The molecule has 14 heavy (non-hydrogen) atoms. The summed E-state index contributed by atoms with van der Waals surface area (Å²) in [6.45, 7) is -1.56. The topological polar surface area (TPSA) is 29.5 Å². The molecule has 0 aliphatic carbocycles. The first kappa shape index (κ1) is 10.6. The molecule has 0 spiro atoms. The highest BCUT2D eigenvalue weighted by molar-refractivity contribution is 5.32. The van der Waals surface area contributed by atoms with E-state index >= 15 is 0 Å².